The number of carbonyl (C=O) groups is 1. The molecule has 1 N–H and O–H groups in total. The first kappa shape index (κ1) is 17.0. The van der Waals surface area contributed by atoms with Crippen LogP contribution in [0, 0.1) is 17.1 Å². The zero-order chi connectivity index (χ0) is 17.5. The molecule has 122 valence electrons. The van der Waals surface area contributed by atoms with Crippen LogP contribution in [0.3, 0.4) is 0 Å². The van der Waals surface area contributed by atoms with Crippen molar-refractivity contribution in [1.82, 2.24) is 0 Å². The molecular weight excluding hydrogens is 311 g/mol. The minimum absolute atomic E-state index is 0.109. The predicted molar refractivity (Wildman–Crippen MR) is 88.2 cm³/mol. The molecule has 0 aromatic heterocycles. The summed E-state index contributed by atoms with van der Waals surface area (Å²) in [6, 6.07) is 12.1. The van der Waals surface area contributed by atoms with Gasteiger partial charge in [0.2, 0.25) is 0 Å². The summed E-state index contributed by atoms with van der Waals surface area (Å²) in [6.45, 7) is 0. The maximum Gasteiger partial charge on any atom is 0.266 e. The lowest BCUT2D eigenvalue weighted by atomic mass is 10.1. The van der Waals surface area contributed by atoms with Gasteiger partial charge >= 0.3 is 0 Å². The van der Waals surface area contributed by atoms with Crippen LogP contribution in [0.2, 0.25) is 0 Å². The number of benzene rings is 2. The van der Waals surface area contributed by atoms with Crippen molar-refractivity contribution in [3.63, 3.8) is 0 Å². The molecule has 0 heterocycles. The molecule has 0 aliphatic carbocycles. The summed E-state index contributed by atoms with van der Waals surface area (Å²) in [5.41, 5.74) is 0.844. The van der Waals surface area contributed by atoms with E-state index in [1.807, 2.05) is 6.07 Å². The molecule has 0 spiro atoms. The Morgan fingerprint density at radius 2 is 1.88 bits per heavy atom. The minimum Gasteiger partial charge on any atom is -0.497 e. The first-order chi connectivity index (χ1) is 11.6. The maximum atomic E-state index is 12.9. The number of methoxy groups -OCH3 is 2. The van der Waals surface area contributed by atoms with Gasteiger partial charge in [-0.25, -0.2) is 4.39 Å². The van der Waals surface area contributed by atoms with Gasteiger partial charge in [-0.1, -0.05) is 0 Å². The molecule has 0 aliphatic heterocycles. The second-order valence-corrected chi connectivity index (χ2v) is 4.74. The molecule has 0 fully saturated rings. The molecule has 2 aromatic rings. The van der Waals surface area contributed by atoms with Gasteiger partial charge in [-0.05, 0) is 42.5 Å². The Bertz CT molecular complexity index is 808. The van der Waals surface area contributed by atoms with Crippen LogP contribution in [0.15, 0.2) is 48.0 Å². The van der Waals surface area contributed by atoms with E-state index in [-0.39, 0.29) is 5.57 Å². The quantitative estimate of drug-likeness (QED) is 0.675. The monoisotopic (exact) mass is 326 g/mol. The fourth-order valence-corrected chi connectivity index (χ4v) is 1.97. The van der Waals surface area contributed by atoms with Crippen LogP contribution in [0.25, 0.3) is 6.08 Å². The Morgan fingerprint density at radius 1 is 1.17 bits per heavy atom. The summed E-state index contributed by atoms with van der Waals surface area (Å²) in [5.74, 6) is 0.0592. The molecule has 0 saturated carbocycles. The lowest BCUT2D eigenvalue weighted by Crippen LogP contribution is -2.13. The van der Waals surface area contributed by atoms with Crippen molar-refractivity contribution in [1.29, 1.82) is 5.26 Å². The molecule has 5 nitrogen and oxygen atoms in total. The van der Waals surface area contributed by atoms with E-state index in [1.54, 1.807) is 18.2 Å². The number of halogens is 1. The van der Waals surface area contributed by atoms with Gasteiger partial charge in [0.05, 0.1) is 14.2 Å². The van der Waals surface area contributed by atoms with Crippen LogP contribution >= 0.6 is 0 Å². The molecule has 1 amide bonds. The predicted octanol–water partition coefficient (Wildman–Crippen LogP) is 3.39. The van der Waals surface area contributed by atoms with E-state index < -0.39 is 11.7 Å². The Hall–Kier alpha value is -3.33. The van der Waals surface area contributed by atoms with E-state index in [1.165, 1.54) is 44.6 Å². The van der Waals surface area contributed by atoms with Crippen LogP contribution < -0.4 is 14.8 Å². The van der Waals surface area contributed by atoms with Crippen LogP contribution in [-0.2, 0) is 4.79 Å². The van der Waals surface area contributed by atoms with E-state index in [2.05, 4.69) is 5.32 Å². The van der Waals surface area contributed by atoms with Crippen molar-refractivity contribution < 1.29 is 18.7 Å². The van der Waals surface area contributed by atoms with E-state index in [4.69, 9.17) is 9.47 Å². The molecule has 0 bridgehead atoms. The number of amides is 1. The van der Waals surface area contributed by atoms with E-state index in [0.29, 0.717) is 22.7 Å². The summed E-state index contributed by atoms with van der Waals surface area (Å²) in [6.07, 6.45) is 1.41. The number of nitrogens with zero attached hydrogens (tertiary/aromatic N) is 1. The van der Waals surface area contributed by atoms with Crippen molar-refractivity contribution in [2.24, 2.45) is 0 Å². The standard InChI is InChI=1S/C18H15FN2O3/c1-23-16-8-3-12(17(10-16)24-2)9-13(11-20)18(22)21-15-6-4-14(19)5-7-15/h3-10H,1-2H3,(H,21,22)/b13-9+. The molecule has 0 atom stereocenters. The van der Waals surface area contributed by atoms with Gasteiger partial charge < -0.3 is 14.8 Å². The number of nitriles is 1. The lowest BCUT2D eigenvalue weighted by Gasteiger charge is -2.08. The largest absolute Gasteiger partial charge is 0.497 e. The van der Waals surface area contributed by atoms with Crippen molar-refractivity contribution in [3.05, 3.63) is 59.4 Å². The summed E-state index contributed by atoms with van der Waals surface area (Å²) >= 11 is 0. The Morgan fingerprint density at radius 3 is 2.46 bits per heavy atom. The molecule has 0 saturated heterocycles. The van der Waals surface area contributed by atoms with Gasteiger partial charge in [-0.3, -0.25) is 4.79 Å². The first-order valence-electron chi connectivity index (χ1n) is 6.98. The topological polar surface area (TPSA) is 71.3 Å². The van der Waals surface area contributed by atoms with Gasteiger partial charge in [0.25, 0.3) is 5.91 Å². The fraction of sp³-hybridized carbons (Fsp3) is 0.111. The molecule has 6 heteroatoms. The SMILES string of the molecule is COc1ccc(/C=C(\C#N)C(=O)Nc2ccc(F)cc2)c(OC)c1. The third-order valence-electron chi connectivity index (χ3n) is 3.21. The smallest absolute Gasteiger partial charge is 0.266 e. The highest BCUT2D eigenvalue weighted by Gasteiger charge is 2.12. The summed E-state index contributed by atoms with van der Waals surface area (Å²) in [4.78, 5) is 12.2. The molecule has 0 radical (unpaired) electrons. The van der Waals surface area contributed by atoms with Crippen molar-refractivity contribution in [3.8, 4) is 17.6 Å². The third-order valence-corrected chi connectivity index (χ3v) is 3.21. The molecular formula is C18H15FN2O3. The van der Waals surface area contributed by atoms with Crippen LogP contribution in [0.5, 0.6) is 11.5 Å². The molecule has 0 aliphatic rings. The minimum atomic E-state index is -0.595. The Kier molecular flexibility index (Phi) is 5.53. The zero-order valence-corrected chi connectivity index (χ0v) is 13.2. The third kappa shape index (κ3) is 4.11. The Balaban J connectivity index is 2.27. The second-order valence-electron chi connectivity index (χ2n) is 4.74. The van der Waals surface area contributed by atoms with Gasteiger partial charge in [0, 0.05) is 17.3 Å². The number of anilines is 1. The van der Waals surface area contributed by atoms with Gasteiger partial charge in [-0.15, -0.1) is 0 Å². The summed E-state index contributed by atoms with van der Waals surface area (Å²) in [5, 5.41) is 11.8. The lowest BCUT2D eigenvalue weighted by molar-refractivity contribution is -0.112. The molecule has 2 rings (SSSR count). The van der Waals surface area contributed by atoms with Gasteiger partial charge in [-0.2, -0.15) is 5.26 Å². The highest BCUT2D eigenvalue weighted by Crippen LogP contribution is 2.26. The average Bonchev–Trinajstić information content (AvgIpc) is 2.61. The van der Waals surface area contributed by atoms with Gasteiger partial charge in [0.15, 0.2) is 0 Å². The normalized spacial score (nSPS) is 10.7. The number of carbonyl (C=O) groups excluding carboxylic acids is 1. The maximum absolute atomic E-state index is 12.9. The van der Waals surface area contributed by atoms with E-state index >= 15 is 0 Å². The van der Waals surface area contributed by atoms with Crippen LogP contribution in [0.1, 0.15) is 5.56 Å². The highest BCUT2D eigenvalue weighted by atomic mass is 19.1. The van der Waals surface area contributed by atoms with Crippen molar-refractivity contribution >= 4 is 17.7 Å². The number of rotatable bonds is 5. The fourth-order valence-electron chi connectivity index (χ4n) is 1.97. The van der Waals surface area contributed by atoms with Crippen LogP contribution in [-0.4, -0.2) is 20.1 Å². The molecule has 24 heavy (non-hydrogen) atoms. The number of ether oxygens (including phenoxy) is 2. The molecule has 2 aromatic carbocycles. The Labute approximate surface area is 138 Å². The average molecular weight is 326 g/mol. The van der Waals surface area contributed by atoms with E-state index in [0.717, 1.165) is 0 Å². The number of nitrogens with one attached hydrogen (secondary N) is 1. The summed E-state index contributed by atoms with van der Waals surface area (Å²) in [7, 11) is 3.01. The van der Waals surface area contributed by atoms with Crippen molar-refractivity contribution in [2.45, 2.75) is 0 Å². The number of hydrogen-bond donors (Lipinski definition) is 1. The molecule has 0 unspecified atom stereocenters. The zero-order valence-electron chi connectivity index (χ0n) is 13.2. The second kappa shape index (κ2) is 7.79. The van der Waals surface area contributed by atoms with Gasteiger partial charge in [0.1, 0.15) is 29.0 Å². The highest BCUT2D eigenvalue weighted by molar-refractivity contribution is 6.09. The summed E-state index contributed by atoms with van der Waals surface area (Å²) < 4.78 is 23.2. The first-order valence-corrected chi connectivity index (χ1v) is 6.98. The van der Waals surface area contributed by atoms with Crippen LogP contribution in [0.4, 0.5) is 10.1 Å². The number of hydrogen-bond acceptors (Lipinski definition) is 4. The van der Waals surface area contributed by atoms with Crippen molar-refractivity contribution in [2.75, 3.05) is 19.5 Å². The van der Waals surface area contributed by atoms with E-state index in [9.17, 15) is 14.4 Å².